The third-order valence-electron chi connectivity index (χ3n) is 1.68. The molecule has 0 amide bonds. The van der Waals surface area contributed by atoms with Crippen LogP contribution in [0.4, 0.5) is 0 Å². The van der Waals surface area contributed by atoms with Gasteiger partial charge in [-0.1, -0.05) is 0 Å². The van der Waals surface area contributed by atoms with Gasteiger partial charge in [-0.2, -0.15) is 4.98 Å². The van der Waals surface area contributed by atoms with E-state index in [1.165, 1.54) is 0 Å². The lowest BCUT2D eigenvalue weighted by Gasteiger charge is -2.18. The number of rotatable bonds is 2. The number of methoxy groups -OCH3 is 1. The van der Waals surface area contributed by atoms with E-state index in [0.717, 1.165) is 5.69 Å². The molecule has 0 spiro atoms. The molecule has 13 heavy (non-hydrogen) atoms. The minimum atomic E-state index is -0.457. The van der Waals surface area contributed by atoms with Gasteiger partial charge in [0.15, 0.2) is 0 Å². The third kappa shape index (κ3) is 2.39. The zero-order chi connectivity index (χ0) is 10.1. The molecule has 1 aromatic heterocycles. The maximum Gasteiger partial charge on any atom is 0.216 e. The smallest absolute Gasteiger partial charge is 0.216 e. The molecule has 0 bridgehead atoms. The Kier molecular flexibility index (Phi) is 2.52. The van der Waals surface area contributed by atoms with Crippen molar-refractivity contribution in [3.8, 4) is 5.88 Å². The van der Waals surface area contributed by atoms with Crippen LogP contribution in [0.15, 0.2) is 6.07 Å². The first-order chi connectivity index (χ1) is 5.93. The number of nitrogens with zero attached hydrogens (tertiary/aromatic N) is 2. The molecule has 0 aromatic carbocycles. The number of hydrogen-bond donors (Lipinski definition) is 1. The SMILES string of the molecule is COc1cc(C(C)(C)N)nc(C)n1. The summed E-state index contributed by atoms with van der Waals surface area (Å²) in [6.07, 6.45) is 0. The fourth-order valence-corrected chi connectivity index (χ4v) is 0.975. The van der Waals surface area contributed by atoms with Crippen LogP contribution in [0.3, 0.4) is 0 Å². The summed E-state index contributed by atoms with van der Waals surface area (Å²) in [5.74, 6) is 1.23. The molecule has 0 aliphatic carbocycles. The Morgan fingerprint density at radius 2 is 2.00 bits per heavy atom. The maximum absolute atomic E-state index is 5.90. The number of hydrogen-bond acceptors (Lipinski definition) is 4. The van der Waals surface area contributed by atoms with Gasteiger partial charge in [0.1, 0.15) is 5.82 Å². The lowest BCUT2D eigenvalue weighted by Crippen LogP contribution is -2.30. The standard InChI is InChI=1S/C9H15N3O/c1-6-11-7(9(2,3)10)5-8(12-6)13-4/h5H,10H2,1-4H3. The molecule has 0 aliphatic heterocycles. The van der Waals surface area contributed by atoms with Crippen LogP contribution >= 0.6 is 0 Å². The van der Waals surface area contributed by atoms with E-state index in [2.05, 4.69) is 9.97 Å². The van der Waals surface area contributed by atoms with Crippen LogP contribution in [0.1, 0.15) is 25.4 Å². The molecular formula is C9H15N3O. The number of ether oxygens (including phenoxy) is 1. The zero-order valence-electron chi connectivity index (χ0n) is 8.46. The molecule has 0 unspecified atom stereocenters. The monoisotopic (exact) mass is 181 g/mol. The second kappa shape index (κ2) is 3.30. The molecule has 0 fully saturated rings. The molecule has 0 aliphatic rings. The maximum atomic E-state index is 5.90. The zero-order valence-corrected chi connectivity index (χ0v) is 8.46. The van der Waals surface area contributed by atoms with E-state index in [1.807, 2.05) is 20.8 Å². The van der Waals surface area contributed by atoms with E-state index < -0.39 is 5.54 Å². The predicted octanol–water partition coefficient (Wildman–Crippen LogP) is 0.987. The van der Waals surface area contributed by atoms with Crippen molar-refractivity contribution in [3.05, 3.63) is 17.6 Å². The lowest BCUT2D eigenvalue weighted by molar-refractivity contribution is 0.391. The van der Waals surface area contributed by atoms with Gasteiger partial charge in [-0.05, 0) is 20.8 Å². The minimum absolute atomic E-state index is 0.457. The van der Waals surface area contributed by atoms with E-state index in [0.29, 0.717) is 11.7 Å². The largest absolute Gasteiger partial charge is 0.481 e. The highest BCUT2D eigenvalue weighted by molar-refractivity contribution is 5.21. The average Bonchev–Trinajstić information content (AvgIpc) is 2.01. The second-order valence-electron chi connectivity index (χ2n) is 3.56. The van der Waals surface area contributed by atoms with Gasteiger partial charge in [0.2, 0.25) is 5.88 Å². The van der Waals surface area contributed by atoms with E-state index in [1.54, 1.807) is 13.2 Å². The van der Waals surface area contributed by atoms with Gasteiger partial charge in [-0.15, -0.1) is 0 Å². The molecule has 4 heteroatoms. The summed E-state index contributed by atoms with van der Waals surface area (Å²) in [7, 11) is 1.58. The minimum Gasteiger partial charge on any atom is -0.481 e. The first-order valence-corrected chi connectivity index (χ1v) is 4.12. The van der Waals surface area contributed by atoms with Crippen LogP contribution in [0.25, 0.3) is 0 Å². The molecule has 1 rings (SSSR count). The van der Waals surface area contributed by atoms with Crippen molar-refractivity contribution >= 4 is 0 Å². The summed E-state index contributed by atoms with van der Waals surface area (Å²) < 4.78 is 5.02. The van der Waals surface area contributed by atoms with Gasteiger partial charge in [0.25, 0.3) is 0 Å². The summed E-state index contributed by atoms with van der Waals surface area (Å²) in [6, 6.07) is 1.76. The van der Waals surface area contributed by atoms with Crippen LogP contribution in [0.2, 0.25) is 0 Å². The Labute approximate surface area is 78.1 Å². The number of aromatic nitrogens is 2. The molecule has 0 saturated heterocycles. The Morgan fingerprint density at radius 3 is 2.46 bits per heavy atom. The van der Waals surface area contributed by atoms with Crippen molar-refractivity contribution in [3.63, 3.8) is 0 Å². The molecule has 2 N–H and O–H groups in total. The van der Waals surface area contributed by atoms with Crippen LogP contribution < -0.4 is 10.5 Å². The van der Waals surface area contributed by atoms with Crippen LogP contribution in [-0.4, -0.2) is 17.1 Å². The van der Waals surface area contributed by atoms with E-state index in [9.17, 15) is 0 Å². The lowest BCUT2D eigenvalue weighted by atomic mass is 10.0. The van der Waals surface area contributed by atoms with Crippen molar-refractivity contribution < 1.29 is 4.74 Å². The van der Waals surface area contributed by atoms with E-state index in [4.69, 9.17) is 10.5 Å². The topological polar surface area (TPSA) is 61.0 Å². The normalized spacial score (nSPS) is 11.5. The summed E-state index contributed by atoms with van der Waals surface area (Å²) in [6.45, 7) is 5.61. The number of nitrogens with two attached hydrogens (primary N) is 1. The van der Waals surface area contributed by atoms with Crippen molar-refractivity contribution in [1.29, 1.82) is 0 Å². The molecule has 0 radical (unpaired) electrons. The van der Waals surface area contributed by atoms with Gasteiger partial charge in [0, 0.05) is 6.07 Å². The molecule has 0 saturated carbocycles. The van der Waals surface area contributed by atoms with Crippen molar-refractivity contribution in [2.24, 2.45) is 5.73 Å². The van der Waals surface area contributed by atoms with Gasteiger partial charge < -0.3 is 10.5 Å². The molecule has 4 nitrogen and oxygen atoms in total. The summed E-state index contributed by atoms with van der Waals surface area (Å²) in [4.78, 5) is 8.31. The summed E-state index contributed by atoms with van der Waals surface area (Å²) >= 11 is 0. The Balaban J connectivity index is 3.16. The Hall–Kier alpha value is -1.16. The Morgan fingerprint density at radius 1 is 1.38 bits per heavy atom. The molecule has 72 valence electrons. The average molecular weight is 181 g/mol. The molecule has 1 aromatic rings. The van der Waals surface area contributed by atoms with Crippen molar-refractivity contribution in [1.82, 2.24) is 9.97 Å². The van der Waals surface area contributed by atoms with Gasteiger partial charge in [-0.3, -0.25) is 0 Å². The van der Waals surface area contributed by atoms with Crippen LogP contribution in [0, 0.1) is 6.92 Å². The van der Waals surface area contributed by atoms with Crippen LogP contribution in [-0.2, 0) is 5.54 Å². The van der Waals surface area contributed by atoms with Gasteiger partial charge in [0.05, 0.1) is 18.3 Å². The van der Waals surface area contributed by atoms with Crippen LogP contribution in [0.5, 0.6) is 5.88 Å². The number of aryl methyl sites for hydroxylation is 1. The first kappa shape index (κ1) is 9.92. The molecule has 1 heterocycles. The highest BCUT2D eigenvalue weighted by Crippen LogP contribution is 2.18. The predicted molar refractivity (Wildman–Crippen MR) is 50.5 cm³/mol. The fourth-order valence-electron chi connectivity index (χ4n) is 0.975. The highest BCUT2D eigenvalue weighted by Gasteiger charge is 2.17. The summed E-state index contributed by atoms with van der Waals surface area (Å²) in [5, 5.41) is 0. The van der Waals surface area contributed by atoms with E-state index in [-0.39, 0.29) is 0 Å². The van der Waals surface area contributed by atoms with Gasteiger partial charge in [-0.25, -0.2) is 4.98 Å². The third-order valence-corrected chi connectivity index (χ3v) is 1.68. The fraction of sp³-hybridized carbons (Fsp3) is 0.556. The molecule has 0 atom stereocenters. The summed E-state index contributed by atoms with van der Waals surface area (Å²) in [5.41, 5.74) is 6.23. The van der Waals surface area contributed by atoms with E-state index >= 15 is 0 Å². The van der Waals surface area contributed by atoms with Gasteiger partial charge >= 0.3 is 0 Å². The highest BCUT2D eigenvalue weighted by atomic mass is 16.5. The van der Waals surface area contributed by atoms with Crippen molar-refractivity contribution in [2.45, 2.75) is 26.3 Å². The van der Waals surface area contributed by atoms with Crippen molar-refractivity contribution in [2.75, 3.05) is 7.11 Å². The quantitative estimate of drug-likeness (QED) is 0.739. The Bertz CT molecular complexity index is 304. The second-order valence-corrected chi connectivity index (χ2v) is 3.56. The molecular weight excluding hydrogens is 166 g/mol. The first-order valence-electron chi connectivity index (χ1n) is 4.12.